The number of likely N-dealkylation sites (tertiary alicyclic amines) is 1. The molecule has 0 aliphatic carbocycles. The molecule has 5 rings (SSSR count). The number of methoxy groups -OCH3 is 1. The molecular weight excluding hydrogens is 484 g/mol. The van der Waals surface area contributed by atoms with Crippen molar-refractivity contribution in [2.75, 3.05) is 59.0 Å². The second-order valence-electron chi connectivity index (χ2n) is 8.61. The van der Waals surface area contributed by atoms with Gasteiger partial charge in [0.25, 0.3) is 5.91 Å². The van der Waals surface area contributed by atoms with Crippen molar-refractivity contribution in [3.05, 3.63) is 40.4 Å². The molecule has 192 valence electrons. The molecule has 0 saturated carbocycles. The topological polar surface area (TPSA) is 133 Å². The van der Waals surface area contributed by atoms with Gasteiger partial charge >= 0.3 is 0 Å². The lowest BCUT2D eigenvalue weighted by Gasteiger charge is -2.21. The molecule has 3 aromatic rings. The summed E-state index contributed by atoms with van der Waals surface area (Å²) < 4.78 is 16.1. The maximum Gasteiger partial charge on any atom is 0.261 e. The Morgan fingerprint density at radius 3 is 2.86 bits per heavy atom. The normalized spacial score (nSPS) is 16.0. The Labute approximate surface area is 212 Å². The number of carbonyl (C=O) groups is 1. The number of nitrogen functional groups attached to an aromatic ring is 1. The van der Waals surface area contributed by atoms with Gasteiger partial charge in [0, 0.05) is 25.6 Å². The second-order valence-corrected chi connectivity index (χ2v) is 9.64. The zero-order chi connectivity index (χ0) is 24.9. The molecule has 1 fully saturated rings. The highest BCUT2D eigenvalue weighted by Crippen LogP contribution is 2.38. The van der Waals surface area contributed by atoms with Gasteiger partial charge in [0.15, 0.2) is 11.5 Å². The molecule has 0 radical (unpaired) electrons. The first-order chi connectivity index (χ1) is 17.6. The van der Waals surface area contributed by atoms with Crippen LogP contribution in [-0.4, -0.2) is 74.1 Å². The Balaban J connectivity index is 1.44. The summed E-state index contributed by atoms with van der Waals surface area (Å²) in [5.41, 5.74) is 10.8. The van der Waals surface area contributed by atoms with Crippen molar-refractivity contribution in [1.82, 2.24) is 25.7 Å². The molecule has 11 nitrogen and oxygen atoms in total. The van der Waals surface area contributed by atoms with E-state index in [2.05, 4.69) is 25.7 Å². The number of hydrogen-bond donors (Lipinski definition) is 3. The van der Waals surface area contributed by atoms with Gasteiger partial charge in [-0.3, -0.25) is 9.63 Å². The second kappa shape index (κ2) is 11.4. The number of amides is 1. The number of hydrogen-bond acceptors (Lipinski definition) is 11. The number of thiophene rings is 1. The molecule has 2 aromatic heterocycles. The Kier molecular flexibility index (Phi) is 7.78. The fourth-order valence-corrected chi connectivity index (χ4v) is 5.31. The highest BCUT2D eigenvalue weighted by Gasteiger charge is 2.25. The Morgan fingerprint density at radius 1 is 1.19 bits per heavy atom. The van der Waals surface area contributed by atoms with Gasteiger partial charge in [0.1, 0.15) is 10.9 Å². The largest absolute Gasteiger partial charge is 0.454 e. The summed E-state index contributed by atoms with van der Waals surface area (Å²) in [5.74, 6) is 1.26. The molecule has 4 N–H and O–H groups in total. The molecule has 1 atom stereocenters. The minimum Gasteiger partial charge on any atom is -0.454 e. The molecule has 0 bridgehead atoms. The molecule has 2 aliphatic heterocycles. The molecule has 2 aliphatic rings. The van der Waals surface area contributed by atoms with Gasteiger partial charge in [0.05, 0.1) is 23.8 Å². The van der Waals surface area contributed by atoms with E-state index in [0.717, 1.165) is 30.6 Å². The number of nitrogens with one attached hydrogen (secondary N) is 2. The molecule has 1 saturated heterocycles. The third kappa shape index (κ3) is 5.52. The number of nitrogens with two attached hydrogens (primary N) is 1. The van der Waals surface area contributed by atoms with Crippen LogP contribution in [0, 0.1) is 0 Å². The Hall–Kier alpha value is -3.03. The number of rotatable bonds is 11. The number of carbonyl (C=O) groups excluding carboxylic acids is 1. The fraction of sp³-hybridized carbons (Fsp3) is 0.458. The first kappa shape index (κ1) is 24.7. The van der Waals surface area contributed by atoms with Gasteiger partial charge in [-0.25, -0.2) is 9.97 Å². The monoisotopic (exact) mass is 514 g/mol. The van der Waals surface area contributed by atoms with Crippen LogP contribution in [0.3, 0.4) is 0 Å². The van der Waals surface area contributed by atoms with Crippen LogP contribution in [0.1, 0.15) is 39.8 Å². The molecular formula is C24H30N6O5S. The predicted molar refractivity (Wildman–Crippen MR) is 135 cm³/mol. The number of aromatic nitrogens is 2. The van der Waals surface area contributed by atoms with E-state index in [4.69, 9.17) is 24.8 Å². The van der Waals surface area contributed by atoms with Crippen LogP contribution in [-0.2, 0) is 9.57 Å². The van der Waals surface area contributed by atoms with E-state index in [1.54, 1.807) is 13.2 Å². The van der Waals surface area contributed by atoms with Crippen LogP contribution in [0.2, 0.25) is 0 Å². The van der Waals surface area contributed by atoms with E-state index < -0.39 is 6.04 Å². The first-order valence-corrected chi connectivity index (χ1v) is 12.8. The SMILES string of the molecule is COCCNC(=O)c1cc2c(C(NOCCN3CCCC3)c3ccc4c(c3)OCO4)nc(N)nc2s1. The highest BCUT2D eigenvalue weighted by atomic mass is 32.1. The highest BCUT2D eigenvalue weighted by molar-refractivity contribution is 7.20. The minimum atomic E-state index is -0.482. The van der Waals surface area contributed by atoms with E-state index in [9.17, 15) is 4.79 Å². The fourth-order valence-electron chi connectivity index (χ4n) is 4.34. The van der Waals surface area contributed by atoms with Gasteiger partial charge in [-0.05, 0) is 49.7 Å². The van der Waals surface area contributed by atoms with Crippen LogP contribution in [0.15, 0.2) is 24.3 Å². The van der Waals surface area contributed by atoms with Crippen molar-refractivity contribution >= 4 is 33.4 Å². The van der Waals surface area contributed by atoms with Crippen molar-refractivity contribution in [1.29, 1.82) is 0 Å². The molecule has 12 heteroatoms. The summed E-state index contributed by atoms with van der Waals surface area (Å²) in [7, 11) is 1.59. The predicted octanol–water partition coefficient (Wildman–Crippen LogP) is 2.08. The van der Waals surface area contributed by atoms with Crippen LogP contribution in [0.25, 0.3) is 10.2 Å². The van der Waals surface area contributed by atoms with E-state index >= 15 is 0 Å². The van der Waals surface area contributed by atoms with Crippen LogP contribution in [0.5, 0.6) is 11.5 Å². The van der Waals surface area contributed by atoms with Crippen molar-refractivity contribution in [3.8, 4) is 11.5 Å². The van der Waals surface area contributed by atoms with Gasteiger partial charge in [0.2, 0.25) is 12.7 Å². The van der Waals surface area contributed by atoms with E-state index in [-0.39, 0.29) is 18.6 Å². The molecule has 4 heterocycles. The zero-order valence-electron chi connectivity index (χ0n) is 20.1. The maximum atomic E-state index is 12.7. The van der Waals surface area contributed by atoms with E-state index in [1.807, 2.05) is 18.2 Å². The number of hydroxylamine groups is 1. The molecule has 0 spiro atoms. The van der Waals surface area contributed by atoms with Gasteiger partial charge in [-0.15, -0.1) is 11.3 Å². The summed E-state index contributed by atoms with van der Waals surface area (Å²) >= 11 is 1.27. The average molecular weight is 515 g/mol. The van der Waals surface area contributed by atoms with E-state index in [0.29, 0.717) is 46.7 Å². The Morgan fingerprint density at radius 2 is 2.03 bits per heavy atom. The van der Waals surface area contributed by atoms with Crippen molar-refractivity contribution < 1.29 is 23.8 Å². The summed E-state index contributed by atoms with van der Waals surface area (Å²) in [6.07, 6.45) is 2.45. The summed E-state index contributed by atoms with van der Waals surface area (Å²) in [5, 5.41) is 3.57. The third-order valence-electron chi connectivity index (χ3n) is 6.17. The smallest absolute Gasteiger partial charge is 0.261 e. The van der Waals surface area contributed by atoms with Crippen LogP contribution < -0.4 is 26.0 Å². The lowest BCUT2D eigenvalue weighted by molar-refractivity contribution is 0.0136. The quantitative estimate of drug-likeness (QED) is 0.258. The number of nitrogens with zero attached hydrogens (tertiary/aromatic N) is 3. The van der Waals surface area contributed by atoms with Crippen molar-refractivity contribution in [2.24, 2.45) is 0 Å². The molecule has 1 amide bonds. The van der Waals surface area contributed by atoms with Crippen molar-refractivity contribution in [3.63, 3.8) is 0 Å². The van der Waals surface area contributed by atoms with Gasteiger partial charge in [-0.2, -0.15) is 5.48 Å². The molecule has 1 aromatic carbocycles. The van der Waals surface area contributed by atoms with Crippen molar-refractivity contribution in [2.45, 2.75) is 18.9 Å². The van der Waals surface area contributed by atoms with Gasteiger partial charge < -0.3 is 30.2 Å². The number of benzene rings is 1. The summed E-state index contributed by atoms with van der Waals surface area (Å²) in [4.78, 5) is 31.1. The Bertz CT molecular complexity index is 1220. The standard InChI is InChI=1S/C24H30N6O5S/c1-32-10-6-26-22(31)19-13-16-21(27-24(25)28-23(16)36-19)20(29-35-11-9-30-7-2-3-8-30)15-4-5-17-18(12-15)34-14-33-17/h4-5,12-13,20,29H,2-3,6-11,14H2,1H3,(H,26,31)(H2,25,27,28). The first-order valence-electron chi connectivity index (χ1n) is 12.0. The van der Waals surface area contributed by atoms with E-state index in [1.165, 1.54) is 24.2 Å². The minimum absolute atomic E-state index is 0.121. The third-order valence-corrected chi connectivity index (χ3v) is 7.20. The molecule has 36 heavy (non-hydrogen) atoms. The summed E-state index contributed by atoms with van der Waals surface area (Å²) in [6, 6.07) is 7.01. The summed E-state index contributed by atoms with van der Waals surface area (Å²) in [6.45, 7) is 4.58. The van der Waals surface area contributed by atoms with Crippen LogP contribution >= 0.6 is 11.3 Å². The number of anilines is 1. The number of ether oxygens (including phenoxy) is 3. The number of fused-ring (bicyclic) bond motifs is 2. The van der Waals surface area contributed by atoms with Gasteiger partial charge in [-0.1, -0.05) is 6.07 Å². The maximum absolute atomic E-state index is 12.7. The lowest BCUT2D eigenvalue weighted by Crippen LogP contribution is -2.30. The lowest BCUT2D eigenvalue weighted by atomic mass is 10.0. The average Bonchev–Trinajstić information content (AvgIpc) is 3.64. The van der Waals surface area contributed by atoms with Crippen LogP contribution in [0.4, 0.5) is 5.95 Å². The zero-order valence-corrected chi connectivity index (χ0v) is 20.9. The molecule has 1 unspecified atom stereocenters.